The van der Waals surface area contributed by atoms with Crippen LogP contribution >= 0.6 is 0 Å². The molecule has 0 atom stereocenters. The summed E-state index contributed by atoms with van der Waals surface area (Å²) in [6.45, 7) is 0.910. The van der Waals surface area contributed by atoms with Gasteiger partial charge in [-0.15, -0.1) is 0 Å². The van der Waals surface area contributed by atoms with Crippen molar-refractivity contribution in [2.45, 2.75) is 30.3 Å². The number of aryl methyl sites for hydroxylation is 1. The second-order valence-corrected chi connectivity index (χ2v) is 6.74. The van der Waals surface area contributed by atoms with Crippen LogP contribution in [0.2, 0.25) is 0 Å². The van der Waals surface area contributed by atoms with Crippen molar-refractivity contribution in [3.05, 3.63) is 30.7 Å². The number of hydrogen-bond donors (Lipinski definition) is 1. The highest BCUT2D eigenvalue weighted by atomic mass is 32.2. The first-order chi connectivity index (χ1) is 9.56. The molecule has 0 aliphatic heterocycles. The van der Waals surface area contributed by atoms with Crippen LogP contribution in [-0.4, -0.2) is 34.1 Å². The Kier molecular flexibility index (Phi) is 3.35. The van der Waals surface area contributed by atoms with Crippen molar-refractivity contribution in [2.75, 3.05) is 6.54 Å². The van der Waals surface area contributed by atoms with Gasteiger partial charge < -0.3 is 9.13 Å². The van der Waals surface area contributed by atoms with Crippen LogP contribution in [0.3, 0.4) is 0 Å². The van der Waals surface area contributed by atoms with Gasteiger partial charge in [0, 0.05) is 44.6 Å². The fourth-order valence-electron chi connectivity index (χ4n) is 2.11. The number of aromatic nitrogens is 4. The summed E-state index contributed by atoms with van der Waals surface area (Å²) in [5.74, 6) is 1.61. The van der Waals surface area contributed by atoms with Crippen LogP contribution in [0.5, 0.6) is 0 Å². The van der Waals surface area contributed by atoms with Crippen LogP contribution < -0.4 is 4.72 Å². The van der Waals surface area contributed by atoms with E-state index in [0.717, 1.165) is 5.82 Å². The molecule has 20 heavy (non-hydrogen) atoms. The Bertz CT molecular complexity index is 699. The maximum Gasteiger partial charge on any atom is 0.259 e. The van der Waals surface area contributed by atoms with E-state index in [1.807, 2.05) is 10.8 Å². The summed E-state index contributed by atoms with van der Waals surface area (Å²) in [5.41, 5.74) is 0. The highest BCUT2D eigenvalue weighted by Gasteiger charge is 2.27. The zero-order valence-corrected chi connectivity index (χ0v) is 12.0. The fraction of sp³-hybridized carbons (Fsp3) is 0.500. The Morgan fingerprint density at radius 3 is 2.85 bits per heavy atom. The average Bonchev–Trinajstić information content (AvgIpc) is 2.96. The van der Waals surface area contributed by atoms with E-state index in [9.17, 15) is 8.42 Å². The number of nitrogens with zero attached hydrogens (tertiary/aromatic N) is 4. The Morgan fingerprint density at radius 1 is 1.40 bits per heavy atom. The molecule has 1 N–H and O–H groups in total. The molecule has 0 unspecified atom stereocenters. The van der Waals surface area contributed by atoms with Gasteiger partial charge in [-0.05, 0) is 12.8 Å². The van der Waals surface area contributed by atoms with E-state index in [1.165, 1.54) is 25.4 Å². The number of hydrogen-bond acceptors (Lipinski definition) is 4. The number of imidazole rings is 2. The predicted molar refractivity (Wildman–Crippen MR) is 72.6 cm³/mol. The molecule has 0 radical (unpaired) electrons. The maximum atomic E-state index is 12.0. The van der Waals surface area contributed by atoms with Crippen LogP contribution in [0, 0.1) is 0 Å². The summed E-state index contributed by atoms with van der Waals surface area (Å²) in [6, 6.07) is 0. The monoisotopic (exact) mass is 295 g/mol. The summed E-state index contributed by atoms with van der Waals surface area (Å²) in [4.78, 5) is 8.18. The largest absolute Gasteiger partial charge is 0.339 e. The van der Waals surface area contributed by atoms with Crippen molar-refractivity contribution in [2.24, 2.45) is 7.05 Å². The summed E-state index contributed by atoms with van der Waals surface area (Å²) in [6.07, 6.45) is 8.96. The molecule has 0 spiro atoms. The van der Waals surface area contributed by atoms with Gasteiger partial charge in [-0.2, -0.15) is 0 Å². The van der Waals surface area contributed by atoms with E-state index < -0.39 is 10.0 Å². The molecule has 7 nitrogen and oxygen atoms in total. The summed E-state index contributed by atoms with van der Waals surface area (Å²) < 4.78 is 30.2. The van der Waals surface area contributed by atoms with E-state index in [1.54, 1.807) is 17.8 Å². The summed E-state index contributed by atoms with van der Waals surface area (Å²) >= 11 is 0. The Morgan fingerprint density at radius 2 is 2.20 bits per heavy atom. The first-order valence-corrected chi connectivity index (χ1v) is 8.03. The second-order valence-electron chi connectivity index (χ2n) is 5.03. The van der Waals surface area contributed by atoms with Crippen LogP contribution in [0.4, 0.5) is 0 Å². The molecule has 2 aromatic heterocycles. The van der Waals surface area contributed by atoms with Gasteiger partial charge in [0.05, 0.1) is 6.33 Å². The summed E-state index contributed by atoms with van der Waals surface area (Å²) in [5, 5.41) is 0.0491. The lowest BCUT2D eigenvalue weighted by Crippen LogP contribution is -2.28. The van der Waals surface area contributed by atoms with Crippen molar-refractivity contribution in [3.8, 4) is 0 Å². The Balaban J connectivity index is 1.60. The van der Waals surface area contributed by atoms with E-state index in [2.05, 4.69) is 14.7 Å². The van der Waals surface area contributed by atoms with Crippen molar-refractivity contribution >= 4 is 10.0 Å². The highest BCUT2D eigenvalue weighted by Crippen LogP contribution is 2.38. The van der Waals surface area contributed by atoms with Crippen molar-refractivity contribution < 1.29 is 8.42 Å². The first-order valence-electron chi connectivity index (χ1n) is 6.55. The van der Waals surface area contributed by atoms with Crippen molar-refractivity contribution in [3.63, 3.8) is 0 Å². The van der Waals surface area contributed by atoms with Crippen molar-refractivity contribution in [1.82, 2.24) is 23.8 Å². The molecule has 1 fully saturated rings. The van der Waals surface area contributed by atoms with Crippen LogP contribution in [0.15, 0.2) is 29.9 Å². The minimum Gasteiger partial charge on any atom is -0.339 e. The third kappa shape index (κ3) is 2.75. The average molecular weight is 295 g/mol. The van der Waals surface area contributed by atoms with Crippen LogP contribution in [0.25, 0.3) is 0 Å². The quantitative estimate of drug-likeness (QED) is 0.840. The zero-order chi connectivity index (χ0) is 14.2. The van der Waals surface area contributed by atoms with E-state index >= 15 is 0 Å². The smallest absolute Gasteiger partial charge is 0.259 e. The molecule has 0 saturated heterocycles. The molecule has 0 aromatic carbocycles. The molecule has 0 amide bonds. The number of sulfonamides is 1. The van der Waals surface area contributed by atoms with Gasteiger partial charge in [0.1, 0.15) is 5.82 Å². The van der Waals surface area contributed by atoms with Gasteiger partial charge in [0.15, 0.2) is 5.03 Å². The maximum absolute atomic E-state index is 12.0. The lowest BCUT2D eigenvalue weighted by atomic mass is 10.4. The van der Waals surface area contributed by atoms with Gasteiger partial charge in [0.2, 0.25) is 0 Å². The lowest BCUT2D eigenvalue weighted by molar-refractivity contribution is 0.566. The van der Waals surface area contributed by atoms with Gasteiger partial charge in [-0.1, -0.05) is 0 Å². The molecule has 2 heterocycles. The van der Waals surface area contributed by atoms with Gasteiger partial charge in [0.25, 0.3) is 10.0 Å². The molecular weight excluding hydrogens is 278 g/mol. The topological polar surface area (TPSA) is 81.8 Å². The third-order valence-electron chi connectivity index (χ3n) is 3.29. The molecule has 108 valence electrons. The normalized spacial score (nSPS) is 15.7. The Hall–Kier alpha value is -1.67. The SMILES string of the molecule is Cn1cnc(S(=O)(=O)NCCn2ccnc2C2CC2)c1. The Labute approximate surface area is 117 Å². The third-order valence-corrected chi connectivity index (χ3v) is 4.64. The lowest BCUT2D eigenvalue weighted by Gasteiger charge is -2.08. The predicted octanol–water partition coefficient (Wildman–Crippen LogP) is 0.472. The number of nitrogens with one attached hydrogen (secondary N) is 1. The minimum absolute atomic E-state index is 0.0491. The van der Waals surface area contributed by atoms with Crippen LogP contribution in [0.1, 0.15) is 24.6 Å². The highest BCUT2D eigenvalue weighted by molar-refractivity contribution is 7.89. The van der Waals surface area contributed by atoms with Gasteiger partial charge in [-0.3, -0.25) is 0 Å². The molecule has 1 aliphatic carbocycles. The molecule has 1 saturated carbocycles. The zero-order valence-electron chi connectivity index (χ0n) is 11.2. The van der Waals surface area contributed by atoms with E-state index in [-0.39, 0.29) is 5.03 Å². The van der Waals surface area contributed by atoms with E-state index in [4.69, 9.17) is 0 Å². The molecule has 1 aliphatic rings. The van der Waals surface area contributed by atoms with Crippen LogP contribution in [-0.2, 0) is 23.6 Å². The summed E-state index contributed by atoms with van der Waals surface area (Å²) in [7, 11) is -1.79. The standard InChI is InChI=1S/C12H17N5O2S/c1-16-8-11(14-9-16)20(18,19)15-5-7-17-6-4-13-12(17)10-2-3-10/h4,6,8-10,15H,2-3,5,7H2,1H3. The van der Waals surface area contributed by atoms with E-state index in [0.29, 0.717) is 19.0 Å². The minimum atomic E-state index is -3.53. The number of rotatable bonds is 6. The van der Waals surface area contributed by atoms with Gasteiger partial charge in [-0.25, -0.2) is 23.1 Å². The van der Waals surface area contributed by atoms with Gasteiger partial charge >= 0.3 is 0 Å². The molecular formula is C12H17N5O2S. The fourth-order valence-corrected chi connectivity index (χ4v) is 3.11. The first kappa shape index (κ1) is 13.3. The second kappa shape index (κ2) is 5.02. The molecule has 8 heteroatoms. The van der Waals surface area contributed by atoms with Crippen molar-refractivity contribution in [1.29, 1.82) is 0 Å². The molecule has 2 aromatic rings. The molecule has 3 rings (SSSR count). The molecule has 0 bridgehead atoms.